The molecule has 0 saturated carbocycles. The predicted octanol–water partition coefficient (Wildman–Crippen LogP) is 5.23. The molecule has 0 N–H and O–H groups in total. The molecule has 3 rings (SSSR count). The van der Waals surface area contributed by atoms with Crippen molar-refractivity contribution in [1.29, 1.82) is 0 Å². The van der Waals surface area contributed by atoms with Crippen LogP contribution in [0.1, 0.15) is 23.8 Å². The Balaban J connectivity index is 1.99. The molecule has 0 bridgehead atoms. The summed E-state index contributed by atoms with van der Waals surface area (Å²) in [6.07, 6.45) is -5.15. The van der Waals surface area contributed by atoms with Crippen molar-refractivity contribution in [3.05, 3.63) is 58.9 Å². The summed E-state index contributed by atoms with van der Waals surface area (Å²) in [7, 11) is 0. The topological polar surface area (TPSA) is 18.5 Å². The fourth-order valence-electron chi connectivity index (χ4n) is 2.59. The third-order valence-corrected chi connectivity index (χ3v) is 3.73. The second kappa shape index (κ2) is 6.68. The van der Waals surface area contributed by atoms with Crippen LogP contribution in [0.2, 0.25) is 0 Å². The highest BCUT2D eigenvalue weighted by Crippen LogP contribution is 2.36. The summed E-state index contributed by atoms with van der Waals surface area (Å²) in [6.45, 7) is 0.750. The molecule has 0 atom stereocenters. The Morgan fingerprint density at radius 2 is 1.44 bits per heavy atom. The molecular formula is C17H12F6O2. The van der Waals surface area contributed by atoms with Crippen molar-refractivity contribution in [2.45, 2.75) is 18.9 Å². The number of rotatable bonds is 2. The minimum atomic E-state index is -4.89. The largest absolute Gasteiger partial charge is 0.419 e. The first-order chi connectivity index (χ1) is 11.8. The van der Waals surface area contributed by atoms with E-state index in [0.29, 0.717) is 31.8 Å². The molecule has 1 saturated heterocycles. The van der Waals surface area contributed by atoms with Gasteiger partial charge < -0.3 is 9.47 Å². The fraction of sp³-hybridized carbons (Fsp3) is 0.294. The van der Waals surface area contributed by atoms with Crippen molar-refractivity contribution in [2.24, 2.45) is 0 Å². The van der Waals surface area contributed by atoms with Gasteiger partial charge in [0.1, 0.15) is 17.5 Å². The molecule has 0 radical (unpaired) electrons. The second-order valence-corrected chi connectivity index (χ2v) is 5.48. The standard InChI is InChI=1S/C17H12F6O2/c18-12-6-9(2-3-11(12)17(21,22)23)15-13(19)7-10(8-14(15)20)16-24-4-1-5-25-16/h2-3,6-8,16H,1,4-5H2. The SMILES string of the molecule is Fc1cc(-c2c(F)cc(C3OCCCO3)cc2F)ccc1C(F)(F)F. The smallest absolute Gasteiger partial charge is 0.348 e. The van der Waals surface area contributed by atoms with Crippen molar-refractivity contribution in [2.75, 3.05) is 13.2 Å². The number of benzene rings is 2. The van der Waals surface area contributed by atoms with Crippen LogP contribution in [0.5, 0.6) is 0 Å². The van der Waals surface area contributed by atoms with E-state index < -0.39 is 41.0 Å². The molecule has 0 aliphatic carbocycles. The highest BCUT2D eigenvalue weighted by Gasteiger charge is 2.34. The van der Waals surface area contributed by atoms with Gasteiger partial charge in [0, 0.05) is 5.56 Å². The van der Waals surface area contributed by atoms with Gasteiger partial charge in [-0.1, -0.05) is 6.07 Å². The Kier molecular flexibility index (Phi) is 4.75. The highest BCUT2D eigenvalue weighted by molar-refractivity contribution is 5.66. The third kappa shape index (κ3) is 3.64. The highest BCUT2D eigenvalue weighted by atomic mass is 19.4. The number of halogens is 6. The molecule has 1 aliphatic rings. The van der Waals surface area contributed by atoms with Crippen molar-refractivity contribution < 1.29 is 35.8 Å². The van der Waals surface area contributed by atoms with Crippen LogP contribution in [-0.2, 0) is 15.7 Å². The van der Waals surface area contributed by atoms with E-state index in [1.807, 2.05) is 0 Å². The van der Waals surface area contributed by atoms with Gasteiger partial charge in [0.25, 0.3) is 0 Å². The quantitative estimate of drug-likeness (QED) is 0.682. The van der Waals surface area contributed by atoms with Crippen molar-refractivity contribution in [3.8, 4) is 11.1 Å². The molecule has 1 aliphatic heterocycles. The average Bonchev–Trinajstić information content (AvgIpc) is 2.54. The fourth-order valence-corrected chi connectivity index (χ4v) is 2.59. The van der Waals surface area contributed by atoms with Gasteiger partial charge in [-0.05, 0) is 36.2 Å². The van der Waals surface area contributed by atoms with Crippen LogP contribution in [-0.4, -0.2) is 13.2 Å². The molecule has 0 unspecified atom stereocenters. The van der Waals surface area contributed by atoms with Crippen molar-refractivity contribution >= 4 is 0 Å². The summed E-state index contributed by atoms with van der Waals surface area (Å²) < 4.78 is 90.6. The zero-order valence-corrected chi connectivity index (χ0v) is 12.7. The Bertz CT molecular complexity index is 758. The van der Waals surface area contributed by atoms with E-state index in [2.05, 4.69) is 0 Å². The van der Waals surface area contributed by atoms with Crippen LogP contribution >= 0.6 is 0 Å². The molecule has 25 heavy (non-hydrogen) atoms. The first-order valence-corrected chi connectivity index (χ1v) is 7.36. The summed E-state index contributed by atoms with van der Waals surface area (Å²) in [5.74, 6) is -3.70. The normalized spacial score (nSPS) is 16.2. The lowest BCUT2D eigenvalue weighted by molar-refractivity contribution is -0.183. The lowest BCUT2D eigenvalue weighted by atomic mass is 10.00. The zero-order chi connectivity index (χ0) is 18.2. The van der Waals surface area contributed by atoms with E-state index in [1.54, 1.807) is 0 Å². The molecule has 1 heterocycles. The van der Waals surface area contributed by atoms with Crippen LogP contribution < -0.4 is 0 Å². The van der Waals surface area contributed by atoms with Crippen LogP contribution in [0, 0.1) is 17.5 Å². The summed E-state index contributed by atoms with van der Waals surface area (Å²) >= 11 is 0. The van der Waals surface area contributed by atoms with Crippen molar-refractivity contribution in [3.63, 3.8) is 0 Å². The Morgan fingerprint density at radius 3 is 1.96 bits per heavy atom. The van der Waals surface area contributed by atoms with Gasteiger partial charge >= 0.3 is 6.18 Å². The van der Waals surface area contributed by atoms with Crippen LogP contribution in [0.25, 0.3) is 11.1 Å². The number of hydrogen-bond acceptors (Lipinski definition) is 2. The molecule has 0 aromatic heterocycles. The Hall–Kier alpha value is -2.06. The molecule has 0 amide bonds. The molecular weight excluding hydrogens is 350 g/mol. The van der Waals surface area contributed by atoms with Gasteiger partial charge in [-0.2, -0.15) is 13.2 Å². The average molecular weight is 362 g/mol. The van der Waals surface area contributed by atoms with Crippen LogP contribution in [0.4, 0.5) is 26.3 Å². The van der Waals surface area contributed by atoms with Gasteiger partial charge in [0.05, 0.1) is 24.3 Å². The number of ether oxygens (including phenoxy) is 2. The number of alkyl halides is 3. The van der Waals surface area contributed by atoms with E-state index in [4.69, 9.17) is 9.47 Å². The van der Waals surface area contributed by atoms with Gasteiger partial charge in [0.2, 0.25) is 0 Å². The van der Waals surface area contributed by atoms with Crippen LogP contribution in [0.15, 0.2) is 30.3 Å². The monoisotopic (exact) mass is 362 g/mol. The van der Waals surface area contributed by atoms with E-state index in [0.717, 1.165) is 18.2 Å². The maximum atomic E-state index is 14.3. The molecule has 2 nitrogen and oxygen atoms in total. The Labute approximate surface area is 139 Å². The molecule has 1 fully saturated rings. The second-order valence-electron chi connectivity index (χ2n) is 5.48. The third-order valence-electron chi connectivity index (χ3n) is 3.73. The van der Waals surface area contributed by atoms with Gasteiger partial charge in [-0.25, -0.2) is 13.2 Å². The summed E-state index contributed by atoms with van der Waals surface area (Å²) in [5, 5.41) is 0. The predicted molar refractivity (Wildman–Crippen MR) is 76.0 cm³/mol. The van der Waals surface area contributed by atoms with Crippen molar-refractivity contribution in [1.82, 2.24) is 0 Å². The minimum Gasteiger partial charge on any atom is -0.348 e. The molecule has 134 valence electrons. The number of hydrogen-bond donors (Lipinski definition) is 0. The van der Waals surface area contributed by atoms with E-state index in [9.17, 15) is 26.3 Å². The lowest BCUT2D eigenvalue weighted by Crippen LogP contribution is -2.18. The van der Waals surface area contributed by atoms with Gasteiger partial charge in [-0.15, -0.1) is 0 Å². The first kappa shape index (κ1) is 17.8. The summed E-state index contributed by atoms with van der Waals surface area (Å²) in [5.41, 5.74) is -2.35. The van der Waals surface area contributed by atoms with E-state index in [1.165, 1.54) is 0 Å². The van der Waals surface area contributed by atoms with E-state index >= 15 is 0 Å². The Morgan fingerprint density at radius 1 is 0.840 bits per heavy atom. The molecule has 2 aromatic rings. The lowest BCUT2D eigenvalue weighted by Gasteiger charge is -2.24. The molecule has 2 aromatic carbocycles. The summed E-state index contributed by atoms with van der Waals surface area (Å²) in [6, 6.07) is 3.65. The van der Waals surface area contributed by atoms with Crippen LogP contribution in [0.3, 0.4) is 0 Å². The van der Waals surface area contributed by atoms with Gasteiger partial charge in [-0.3, -0.25) is 0 Å². The minimum absolute atomic E-state index is 0.103. The molecule has 8 heteroatoms. The molecule has 0 spiro atoms. The maximum Gasteiger partial charge on any atom is 0.419 e. The maximum absolute atomic E-state index is 14.3. The summed E-state index contributed by atoms with van der Waals surface area (Å²) in [4.78, 5) is 0. The zero-order valence-electron chi connectivity index (χ0n) is 12.7. The van der Waals surface area contributed by atoms with Gasteiger partial charge in [0.15, 0.2) is 6.29 Å². The first-order valence-electron chi connectivity index (χ1n) is 7.36. The van der Waals surface area contributed by atoms with E-state index in [-0.39, 0.29) is 11.1 Å².